The first-order valence-corrected chi connectivity index (χ1v) is 5.49. The van der Waals surface area contributed by atoms with Gasteiger partial charge in [-0.05, 0) is 32.1 Å². The van der Waals surface area contributed by atoms with Crippen molar-refractivity contribution in [3.63, 3.8) is 0 Å². The zero-order valence-electron chi connectivity index (χ0n) is 9.17. The van der Waals surface area contributed by atoms with E-state index in [2.05, 4.69) is 0 Å². The molecule has 3 rings (SSSR count). The Hall–Kier alpha value is -0.660. The molecule has 2 heteroatoms. The number of rotatable bonds is 1. The van der Waals surface area contributed by atoms with Gasteiger partial charge in [0.1, 0.15) is 11.6 Å². The average molecular weight is 194 g/mol. The lowest BCUT2D eigenvalue weighted by Gasteiger charge is -2.49. The summed E-state index contributed by atoms with van der Waals surface area (Å²) in [5.41, 5.74) is -0.172. The number of fused-ring (bicyclic) bond motifs is 3. The molecule has 3 aliphatic carbocycles. The third-order valence-corrected chi connectivity index (χ3v) is 4.36. The van der Waals surface area contributed by atoms with Crippen LogP contribution in [-0.2, 0) is 9.59 Å². The summed E-state index contributed by atoms with van der Waals surface area (Å²) in [6.07, 6.45) is 3.02. The van der Waals surface area contributed by atoms with Gasteiger partial charge in [0.25, 0.3) is 0 Å². The fourth-order valence-electron chi connectivity index (χ4n) is 3.27. The Balaban J connectivity index is 2.30. The van der Waals surface area contributed by atoms with Crippen LogP contribution < -0.4 is 0 Å². The maximum atomic E-state index is 12.1. The number of ketones is 2. The Morgan fingerprint density at radius 1 is 1.36 bits per heavy atom. The molecule has 0 saturated heterocycles. The van der Waals surface area contributed by atoms with E-state index in [0.29, 0.717) is 11.7 Å². The second kappa shape index (κ2) is 2.91. The van der Waals surface area contributed by atoms with Crippen molar-refractivity contribution in [2.24, 2.45) is 23.2 Å². The van der Waals surface area contributed by atoms with Gasteiger partial charge in [0.2, 0.25) is 0 Å². The van der Waals surface area contributed by atoms with Gasteiger partial charge in [-0.25, -0.2) is 0 Å². The molecule has 0 radical (unpaired) electrons. The van der Waals surface area contributed by atoms with Crippen LogP contribution in [0.2, 0.25) is 0 Å². The molecular weight excluding hydrogens is 176 g/mol. The largest absolute Gasteiger partial charge is 0.300 e. The van der Waals surface area contributed by atoms with Crippen molar-refractivity contribution in [2.75, 3.05) is 0 Å². The smallest absolute Gasteiger partial charge is 0.142 e. The molecule has 0 aromatic heterocycles. The summed E-state index contributed by atoms with van der Waals surface area (Å²) in [7, 11) is 0. The Bertz CT molecular complexity index is 291. The zero-order chi connectivity index (χ0) is 10.5. The van der Waals surface area contributed by atoms with Crippen molar-refractivity contribution in [1.82, 2.24) is 0 Å². The Morgan fingerprint density at radius 3 is 2.50 bits per heavy atom. The number of carbonyl (C=O) groups excluding carboxylic acids is 2. The standard InChI is InChI=1S/C12H18O2/c1-7(13)10-6-8-4-5-9(10)11(14)12(8,2)3/h8-10H,4-6H2,1-3H3. The quantitative estimate of drug-likeness (QED) is 0.641. The van der Waals surface area contributed by atoms with E-state index in [1.807, 2.05) is 13.8 Å². The maximum absolute atomic E-state index is 12.1. The Morgan fingerprint density at radius 2 is 2.00 bits per heavy atom. The van der Waals surface area contributed by atoms with Gasteiger partial charge >= 0.3 is 0 Å². The normalized spacial score (nSPS) is 39.9. The van der Waals surface area contributed by atoms with Crippen LogP contribution in [0.15, 0.2) is 0 Å². The summed E-state index contributed by atoms with van der Waals surface area (Å²) >= 11 is 0. The minimum Gasteiger partial charge on any atom is -0.300 e. The topological polar surface area (TPSA) is 34.1 Å². The van der Waals surface area contributed by atoms with E-state index in [9.17, 15) is 9.59 Å². The molecule has 2 bridgehead atoms. The molecule has 3 aliphatic rings. The van der Waals surface area contributed by atoms with E-state index in [-0.39, 0.29) is 23.0 Å². The predicted octanol–water partition coefficient (Wildman–Crippen LogP) is 2.22. The monoisotopic (exact) mass is 194 g/mol. The number of hydrogen-bond acceptors (Lipinski definition) is 2. The predicted molar refractivity (Wildman–Crippen MR) is 53.8 cm³/mol. The second-order valence-corrected chi connectivity index (χ2v) is 5.42. The van der Waals surface area contributed by atoms with Crippen molar-refractivity contribution in [3.05, 3.63) is 0 Å². The molecular formula is C12H18O2. The van der Waals surface area contributed by atoms with Gasteiger partial charge in [-0.1, -0.05) is 13.8 Å². The summed E-state index contributed by atoms with van der Waals surface area (Å²) in [5, 5.41) is 0. The van der Waals surface area contributed by atoms with Crippen molar-refractivity contribution in [1.29, 1.82) is 0 Å². The van der Waals surface area contributed by atoms with Crippen molar-refractivity contribution < 1.29 is 9.59 Å². The second-order valence-electron chi connectivity index (χ2n) is 5.42. The van der Waals surface area contributed by atoms with Crippen LogP contribution >= 0.6 is 0 Å². The molecule has 0 aromatic carbocycles. The van der Waals surface area contributed by atoms with E-state index >= 15 is 0 Å². The molecule has 3 atom stereocenters. The highest BCUT2D eigenvalue weighted by Gasteiger charge is 2.53. The fraction of sp³-hybridized carbons (Fsp3) is 0.833. The Labute approximate surface area is 85.1 Å². The molecule has 0 spiro atoms. The van der Waals surface area contributed by atoms with E-state index in [4.69, 9.17) is 0 Å². The lowest BCUT2D eigenvalue weighted by Crippen LogP contribution is -2.52. The van der Waals surface area contributed by atoms with Crippen LogP contribution in [0.25, 0.3) is 0 Å². The molecule has 14 heavy (non-hydrogen) atoms. The lowest BCUT2D eigenvalue weighted by molar-refractivity contribution is -0.152. The molecule has 0 amide bonds. The Kier molecular flexibility index (Phi) is 2.06. The molecule has 3 unspecified atom stereocenters. The van der Waals surface area contributed by atoms with Crippen LogP contribution in [0.4, 0.5) is 0 Å². The van der Waals surface area contributed by atoms with E-state index in [0.717, 1.165) is 19.3 Å². The van der Waals surface area contributed by atoms with Gasteiger partial charge in [-0.2, -0.15) is 0 Å². The third-order valence-electron chi connectivity index (χ3n) is 4.36. The minimum atomic E-state index is -0.172. The third kappa shape index (κ3) is 1.16. The number of carbonyl (C=O) groups is 2. The molecule has 2 nitrogen and oxygen atoms in total. The van der Waals surface area contributed by atoms with Gasteiger partial charge in [-0.3, -0.25) is 9.59 Å². The van der Waals surface area contributed by atoms with Gasteiger partial charge in [-0.15, -0.1) is 0 Å². The van der Waals surface area contributed by atoms with Gasteiger partial charge in [0.15, 0.2) is 0 Å². The first-order valence-electron chi connectivity index (χ1n) is 5.49. The lowest BCUT2D eigenvalue weighted by atomic mass is 9.52. The molecule has 78 valence electrons. The first-order chi connectivity index (χ1) is 6.44. The SMILES string of the molecule is CC(=O)C1CC2CCC1C(=O)C2(C)C. The van der Waals surface area contributed by atoms with Crippen molar-refractivity contribution in [2.45, 2.75) is 40.0 Å². The van der Waals surface area contributed by atoms with Crippen LogP contribution in [0, 0.1) is 23.2 Å². The fourth-order valence-corrected chi connectivity index (χ4v) is 3.27. The maximum Gasteiger partial charge on any atom is 0.142 e. The zero-order valence-corrected chi connectivity index (χ0v) is 9.17. The van der Waals surface area contributed by atoms with Crippen LogP contribution in [0.5, 0.6) is 0 Å². The van der Waals surface area contributed by atoms with Crippen LogP contribution in [-0.4, -0.2) is 11.6 Å². The summed E-state index contributed by atoms with van der Waals surface area (Å²) in [5.74, 6) is 1.06. The van der Waals surface area contributed by atoms with Crippen LogP contribution in [0.1, 0.15) is 40.0 Å². The number of hydrogen-bond donors (Lipinski definition) is 0. The molecule has 0 aromatic rings. The highest BCUT2D eigenvalue weighted by atomic mass is 16.1. The molecule has 0 N–H and O–H groups in total. The van der Waals surface area contributed by atoms with E-state index in [1.165, 1.54) is 0 Å². The minimum absolute atomic E-state index is 0.0347. The summed E-state index contributed by atoms with van der Waals surface area (Å²) in [4.78, 5) is 23.5. The summed E-state index contributed by atoms with van der Waals surface area (Å²) < 4.78 is 0. The van der Waals surface area contributed by atoms with Gasteiger partial charge < -0.3 is 0 Å². The molecule has 3 saturated carbocycles. The van der Waals surface area contributed by atoms with Crippen molar-refractivity contribution in [3.8, 4) is 0 Å². The van der Waals surface area contributed by atoms with E-state index in [1.54, 1.807) is 6.92 Å². The number of Topliss-reactive ketones (excluding diaryl/α,β-unsaturated/α-hetero) is 2. The molecule has 0 heterocycles. The van der Waals surface area contributed by atoms with Gasteiger partial charge in [0.05, 0.1) is 0 Å². The molecule has 3 fully saturated rings. The van der Waals surface area contributed by atoms with Crippen molar-refractivity contribution >= 4 is 11.6 Å². The van der Waals surface area contributed by atoms with Gasteiger partial charge in [0, 0.05) is 17.3 Å². The first kappa shape index (κ1) is 9.88. The summed E-state index contributed by atoms with van der Waals surface area (Å²) in [6.45, 7) is 5.72. The van der Waals surface area contributed by atoms with Crippen LogP contribution in [0.3, 0.4) is 0 Å². The highest BCUT2D eigenvalue weighted by Crippen LogP contribution is 2.52. The molecule has 0 aliphatic heterocycles. The average Bonchev–Trinajstić information content (AvgIpc) is 2.13. The van der Waals surface area contributed by atoms with E-state index < -0.39 is 0 Å². The highest BCUT2D eigenvalue weighted by molar-refractivity contribution is 5.94. The summed E-state index contributed by atoms with van der Waals surface area (Å²) in [6, 6.07) is 0.